The number of hydrogen-bond acceptors (Lipinski definition) is 2. The van der Waals surface area contributed by atoms with Crippen molar-refractivity contribution in [1.29, 1.82) is 0 Å². The van der Waals surface area contributed by atoms with Gasteiger partial charge in [0, 0.05) is 10.3 Å². The molecule has 3 rings (SSSR count). The summed E-state index contributed by atoms with van der Waals surface area (Å²) >= 11 is 1.62. The van der Waals surface area contributed by atoms with Crippen LogP contribution < -0.4 is 5.32 Å². The molecule has 0 fully saturated rings. The first-order valence-electron chi connectivity index (χ1n) is 4.15. The fourth-order valence-corrected chi connectivity index (χ4v) is 2.26. The summed E-state index contributed by atoms with van der Waals surface area (Å²) in [5.41, 5.74) is 1.20. The molecule has 2 aromatic rings. The van der Waals surface area contributed by atoms with Crippen molar-refractivity contribution in [2.24, 2.45) is 0 Å². The highest BCUT2D eigenvalue weighted by atomic mass is 32.2. The third-order valence-corrected chi connectivity index (χ3v) is 2.99. The van der Waals surface area contributed by atoms with Gasteiger partial charge in [-0.2, -0.15) is 0 Å². The molecule has 2 heteroatoms. The van der Waals surface area contributed by atoms with E-state index < -0.39 is 0 Å². The Balaban J connectivity index is 2.43. The van der Waals surface area contributed by atoms with Crippen LogP contribution in [0.1, 0.15) is 0 Å². The first kappa shape index (κ1) is 7.27. The van der Waals surface area contributed by atoms with Gasteiger partial charge in [-0.3, -0.25) is 0 Å². The van der Waals surface area contributed by atoms with Gasteiger partial charge in [0.05, 0.1) is 5.69 Å². The highest BCUT2D eigenvalue weighted by molar-refractivity contribution is 8.01. The molecule has 0 aliphatic carbocycles. The Labute approximate surface area is 81.1 Å². The van der Waals surface area contributed by atoms with Crippen molar-refractivity contribution in [3.05, 3.63) is 42.3 Å². The lowest BCUT2D eigenvalue weighted by Gasteiger charge is -2.03. The van der Waals surface area contributed by atoms with E-state index in [4.69, 9.17) is 0 Å². The van der Waals surface area contributed by atoms with Crippen LogP contribution in [0.4, 0.5) is 5.69 Å². The monoisotopic (exact) mass is 185 g/mol. The van der Waals surface area contributed by atoms with Crippen LogP contribution in [0.25, 0.3) is 10.8 Å². The number of rotatable bonds is 0. The Morgan fingerprint density at radius 2 is 2.00 bits per heavy atom. The Morgan fingerprint density at radius 3 is 3.00 bits per heavy atom. The van der Waals surface area contributed by atoms with Crippen molar-refractivity contribution in [2.45, 2.75) is 4.90 Å². The SMILES string of the molecule is [C]1Nc2c(ccc3ccccc23)S1. The highest BCUT2D eigenvalue weighted by Crippen LogP contribution is 2.40. The molecule has 1 heterocycles. The van der Waals surface area contributed by atoms with Crippen LogP contribution >= 0.6 is 11.8 Å². The quantitative estimate of drug-likeness (QED) is 0.675. The third-order valence-electron chi connectivity index (χ3n) is 2.23. The minimum absolute atomic E-state index is 1.20. The van der Waals surface area contributed by atoms with Crippen molar-refractivity contribution >= 4 is 28.2 Å². The zero-order chi connectivity index (χ0) is 8.67. The maximum Gasteiger partial charge on any atom is 0.161 e. The van der Waals surface area contributed by atoms with Crippen LogP contribution in [0.3, 0.4) is 0 Å². The van der Waals surface area contributed by atoms with Gasteiger partial charge in [0.1, 0.15) is 0 Å². The Bertz CT molecular complexity index is 465. The van der Waals surface area contributed by atoms with Gasteiger partial charge in [-0.25, -0.2) is 0 Å². The molecule has 0 atom stereocenters. The summed E-state index contributed by atoms with van der Waals surface area (Å²) in [7, 11) is 0. The van der Waals surface area contributed by atoms with E-state index in [2.05, 4.69) is 47.6 Å². The largest absolute Gasteiger partial charge is 0.363 e. The molecule has 0 aromatic heterocycles. The van der Waals surface area contributed by atoms with Gasteiger partial charge >= 0.3 is 0 Å². The molecule has 1 nitrogen and oxygen atoms in total. The number of anilines is 1. The van der Waals surface area contributed by atoms with Crippen molar-refractivity contribution < 1.29 is 0 Å². The summed E-state index contributed by atoms with van der Waals surface area (Å²) in [6.07, 6.45) is 0. The van der Waals surface area contributed by atoms with E-state index >= 15 is 0 Å². The second-order valence-corrected chi connectivity index (χ2v) is 3.84. The zero-order valence-corrected chi connectivity index (χ0v) is 7.69. The minimum atomic E-state index is 1.20. The Hall–Kier alpha value is -1.15. The molecular weight excluding hydrogens is 178 g/mol. The van der Waals surface area contributed by atoms with E-state index in [9.17, 15) is 0 Å². The summed E-state index contributed by atoms with van der Waals surface area (Å²) < 4.78 is 0. The lowest BCUT2D eigenvalue weighted by atomic mass is 10.1. The van der Waals surface area contributed by atoms with E-state index in [-0.39, 0.29) is 0 Å². The first-order valence-corrected chi connectivity index (χ1v) is 4.96. The Kier molecular flexibility index (Phi) is 1.49. The maximum absolute atomic E-state index is 3.16. The third kappa shape index (κ3) is 1.02. The molecule has 0 unspecified atom stereocenters. The van der Waals surface area contributed by atoms with Crippen LogP contribution in [0.5, 0.6) is 0 Å². The second kappa shape index (κ2) is 2.67. The van der Waals surface area contributed by atoms with Gasteiger partial charge in [-0.05, 0) is 11.5 Å². The molecule has 2 aromatic carbocycles. The second-order valence-electron chi connectivity index (χ2n) is 2.99. The number of thioether (sulfide) groups is 1. The van der Waals surface area contributed by atoms with Crippen molar-refractivity contribution in [3.8, 4) is 0 Å². The molecule has 1 aliphatic rings. The first-order chi connectivity index (χ1) is 6.45. The number of fused-ring (bicyclic) bond motifs is 3. The summed E-state index contributed by atoms with van der Waals surface area (Å²) in [5.74, 6) is 3.05. The molecule has 62 valence electrons. The number of nitrogens with one attached hydrogen (secondary N) is 1. The van der Waals surface area contributed by atoms with E-state index in [1.807, 2.05) is 0 Å². The average Bonchev–Trinajstić information content (AvgIpc) is 2.65. The van der Waals surface area contributed by atoms with Gasteiger partial charge < -0.3 is 5.32 Å². The molecule has 0 amide bonds. The lowest BCUT2D eigenvalue weighted by molar-refractivity contribution is 1.50. The van der Waals surface area contributed by atoms with Crippen LogP contribution in [0, 0.1) is 5.88 Å². The van der Waals surface area contributed by atoms with Gasteiger partial charge in [0.2, 0.25) is 0 Å². The molecule has 0 saturated heterocycles. The number of hydrogen-bond donors (Lipinski definition) is 1. The summed E-state index contributed by atoms with van der Waals surface area (Å²) in [5, 5.41) is 5.71. The molecule has 13 heavy (non-hydrogen) atoms. The van der Waals surface area contributed by atoms with Crippen LogP contribution in [-0.4, -0.2) is 0 Å². The van der Waals surface area contributed by atoms with Crippen LogP contribution in [0.2, 0.25) is 0 Å². The summed E-state index contributed by atoms with van der Waals surface area (Å²) in [4.78, 5) is 1.26. The fourth-order valence-electron chi connectivity index (χ4n) is 1.60. The predicted octanol–water partition coefficient (Wildman–Crippen LogP) is 3.35. The minimum Gasteiger partial charge on any atom is -0.363 e. The normalized spacial score (nSPS) is 14.2. The van der Waals surface area contributed by atoms with E-state index in [0.29, 0.717) is 0 Å². The van der Waals surface area contributed by atoms with Crippen LogP contribution in [0.15, 0.2) is 41.3 Å². The molecule has 0 bridgehead atoms. The molecule has 0 saturated carbocycles. The molecule has 1 aliphatic heterocycles. The molecule has 1 N–H and O–H groups in total. The Morgan fingerprint density at radius 1 is 1.08 bits per heavy atom. The average molecular weight is 185 g/mol. The van der Waals surface area contributed by atoms with Gasteiger partial charge in [0.25, 0.3) is 0 Å². The van der Waals surface area contributed by atoms with Gasteiger partial charge in [-0.1, -0.05) is 42.1 Å². The summed E-state index contributed by atoms with van der Waals surface area (Å²) in [6.45, 7) is 0. The standard InChI is InChI=1S/C11H7NS/c1-2-4-9-8(3-1)5-6-10-11(9)12-7-13-10/h1-6,12H. The fraction of sp³-hybridized carbons (Fsp3) is 0. The highest BCUT2D eigenvalue weighted by Gasteiger charge is 2.13. The smallest absolute Gasteiger partial charge is 0.161 e. The molecule has 2 radical (unpaired) electrons. The van der Waals surface area contributed by atoms with Crippen LogP contribution in [-0.2, 0) is 0 Å². The zero-order valence-electron chi connectivity index (χ0n) is 6.87. The predicted molar refractivity (Wildman–Crippen MR) is 56.7 cm³/mol. The number of benzene rings is 2. The van der Waals surface area contributed by atoms with Gasteiger partial charge in [-0.15, -0.1) is 0 Å². The van der Waals surface area contributed by atoms with E-state index in [1.165, 1.54) is 21.4 Å². The lowest BCUT2D eigenvalue weighted by Crippen LogP contribution is -1.85. The van der Waals surface area contributed by atoms with Crippen molar-refractivity contribution in [3.63, 3.8) is 0 Å². The van der Waals surface area contributed by atoms with Crippen molar-refractivity contribution in [1.82, 2.24) is 0 Å². The molecular formula is C11H7NS. The maximum atomic E-state index is 3.16. The van der Waals surface area contributed by atoms with Gasteiger partial charge in [0.15, 0.2) is 5.88 Å². The van der Waals surface area contributed by atoms with Crippen molar-refractivity contribution in [2.75, 3.05) is 5.32 Å². The topological polar surface area (TPSA) is 12.0 Å². The summed E-state index contributed by atoms with van der Waals surface area (Å²) in [6, 6.07) is 12.7. The van der Waals surface area contributed by atoms with E-state index in [1.54, 1.807) is 11.8 Å². The van der Waals surface area contributed by atoms with E-state index in [0.717, 1.165) is 0 Å². The molecule has 0 spiro atoms.